The second-order valence-corrected chi connectivity index (χ2v) is 2.44. The zero-order chi connectivity index (χ0) is 8.15. The molecule has 10 heavy (non-hydrogen) atoms. The maximum absolute atomic E-state index is 10.5. The van der Waals surface area contributed by atoms with Gasteiger partial charge in [0.2, 0.25) is 0 Å². The molecule has 0 saturated heterocycles. The number of aliphatic imine (C=N–C) groups is 1. The summed E-state index contributed by atoms with van der Waals surface area (Å²) in [5.41, 5.74) is 9.92. The number of thiol groups is 1. The third-order valence-corrected chi connectivity index (χ3v) is 1.36. The summed E-state index contributed by atoms with van der Waals surface area (Å²) in [4.78, 5) is 13.1. The first kappa shape index (κ1) is 9.61. The third-order valence-electron chi connectivity index (χ3n) is 0.558. The number of carbonyl (C=O) groups is 1. The summed E-state index contributed by atoms with van der Waals surface area (Å²) >= 11 is 5.64. The Labute approximate surface area is 71.6 Å². The summed E-state index contributed by atoms with van der Waals surface area (Å²) in [7, 11) is 0. The van der Waals surface area contributed by atoms with Gasteiger partial charge in [-0.15, -0.1) is 0 Å². The predicted molar refractivity (Wildman–Crippen MR) is 40.4 cm³/mol. The molecule has 4 N–H and O–H groups in total. The first-order valence-corrected chi connectivity index (χ1v) is 3.53. The van der Waals surface area contributed by atoms with E-state index in [1.807, 2.05) is 0 Å². The van der Waals surface area contributed by atoms with Crippen molar-refractivity contribution in [3.8, 4) is 0 Å². The Bertz CT molecular complexity index is 158. The van der Waals surface area contributed by atoms with Crippen molar-refractivity contribution in [2.45, 2.75) is 4.94 Å². The van der Waals surface area contributed by atoms with Gasteiger partial charge < -0.3 is 0 Å². The fourth-order valence-electron chi connectivity index (χ4n) is 0.233. The van der Waals surface area contributed by atoms with E-state index < -0.39 is 10.9 Å². The van der Waals surface area contributed by atoms with E-state index in [1.165, 1.54) is 0 Å². The van der Waals surface area contributed by atoms with Gasteiger partial charge in [-0.1, -0.05) is 0 Å². The number of nitrogens with two attached hydrogens (primary N) is 2. The van der Waals surface area contributed by atoms with Gasteiger partial charge in [-0.3, -0.25) is 0 Å². The first-order chi connectivity index (χ1) is 4.57. The van der Waals surface area contributed by atoms with Crippen LogP contribution in [0.2, 0.25) is 0 Å². The Morgan fingerprint density at radius 2 is 2.20 bits per heavy atom. The minimum atomic E-state index is -0.817. The molecule has 0 aromatic heterocycles. The molecule has 0 aliphatic heterocycles. The van der Waals surface area contributed by atoms with Crippen LogP contribution >= 0.6 is 12.9 Å². The van der Waals surface area contributed by atoms with Gasteiger partial charge in [-0.25, -0.2) is 0 Å². The Kier molecular flexibility index (Phi) is 4.26. The Hall–Kier alpha value is -0.391. The summed E-state index contributed by atoms with van der Waals surface area (Å²) in [6, 6.07) is 0. The fourth-order valence-corrected chi connectivity index (χ4v) is 0.850. The second-order valence-electron chi connectivity index (χ2n) is 1.32. The van der Waals surface area contributed by atoms with Gasteiger partial charge >= 0.3 is 71.2 Å². The van der Waals surface area contributed by atoms with Gasteiger partial charge in [-0.05, 0) is 0 Å². The molecule has 0 aromatic carbocycles. The van der Waals surface area contributed by atoms with Crippen LogP contribution in [0.1, 0.15) is 0 Å². The van der Waals surface area contributed by atoms with Crippen molar-refractivity contribution in [3.05, 3.63) is 0 Å². The Balaban J connectivity index is 3.96. The second kappa shape index (κ2) is 4.43. The zero-order valence-electron chi connectivity index (χ0n) is 4.85. The van der Waals surface area contributed by atoms with Crippen LogP contribution in [0, 0.1) is 0 Å². The van der Waals surface area contributed by atoms with E-state index in [9.17, 15) is 4.79 Å². The molecule has 1 radical (unpaired) electrons. The van der Waals surface area contributed by atoms with Gasteiger partial charge in [0.25, 0.3) is 0 Å². The molecule has 0 aliphatic carbocycles. The summed E-state index contributed by atoms with van der Waals surface area (Å²) in [5, 5.41) is 0. The van der Waals surface area contributed by atoms with Crippen molar-refractivity contribution in [2.75, 3.05) is 0 Å². The van der Waals surface area contributed by atoms with Crippen molar-refractivity contribution in [3.63, 3.8) is 0 Å². The normalized spacial score (nSPS) is 11.8. The molecule has 0 heterocycles. The number of carbonyl (C=O) groups excluding carboxylic acids is 1. The molecule has 7 heteroatoms. The predicted octanol–water partition coefficient (Wildman–Crippen LogP) is -1.86. The van der Waals surface area contributed by atoms with Gasteiger partial charge in [-0.2, -0.15) is 0 Å². The topological polar surface area (TPSA) is 90.7 Å². The van der Waals surface area contributed by atoms with Crippen molar-refractivity contribution in [1.82, 2.24) is 0 Å². The average Bonchev–Trinajstić information content (AvgIpc) is 1.85. The van der Waals surface area contributed by atoms with Crippen LogP contribution in [0.5, 0.6) is 0 Å². The molecule has 0 bridgehead atoms. The molecule has 0 aromatic rings. The van der Waals surface area contributed by atoms with Crippen molar-refractivity contribution in [1.29, 1.82) is 0 Å². The van der Waals surface area contributed by atoms with Crippen LogP contribution in [0.3, 0.4) is 0 Å². The molecule has 0 saturated carbocycles. The molecule has 57 valence electrons. The maximum atomic E-state index is 10.5. The Morgan fingerprint density at radius 3 is 2.50 bits per heavy atom. The third kappa shape index (κ3) is 3.60. The zero-order valence-corrected chi connectivity index (χ0v) is 7.46. The van der Waals surface area contributed by atoms with Crippen LogP contribution in [-0.2, 0) is 8.98 Å². The van der Waals surface area contributed by atoms with E-state index >= 15 is 0 Å². The minimum absolute atomic E-state index is 0.178. The van der Waals surface area contributed by atoms with E-state index in [1.54, 1.807) is 0 Å². The van der Waals surface area contributed by atoms with E-state index in [-0.39, 0.29) is 5.96 Å². The quantitative estimate of drug-likeness (QED) is 0.170. The molecule has 0 rings (SSSR count). The van der Waals surface area contributed by atoms with E-state index in [0.717, 1.165) is 0 Å². The fraction of sp³-hybridized carbons (Fsp3) is 0.333. The van der Waals surface area contributed by atoms with Crippen LogP contribution in [0.25, 0.3) is 0 Å². The molecule has 1 unspecified atom stereocenters. The number of hydrogen-bond acceptors (Lipinski definition) is 4. The van der Waals surface area contributed by atoms with Crippen LogP contribution < -0.4 is 11.5 Å². The summed E-state index contributed by atoms with van der Waals surface area (Å²) in [6.45, 7) is 0. The molecule has 0 aliphatic rings. The average molecular weight is 227 g/mol. The van der Waals surface area contributed by atoms with Crippen LogP contribution in [-0.4, -0.2) is 32.9 Å². The van der Waals surface area contributed by atoms with Gasteiger partial charge in [0.05, 0.1) is 0 Å². The Morgan fingerprint density at radius 1 is 1.70 bits per heavy atom. The number of rotatable bonds is 2. The van der Waals surface area contributed by atoms with Crippen molar-refractivity contribution in [2.24, 2.45) is 16.5 Å². The van der Waals surface area contributed by atoms with Crippen LogP contribution in [0.15, 0.2) is 4.99 Å². The molecule has 5 nitrogen and oxygen atoms in total. The van der Waals surface area contributed by atoms with E-state index in [4.69, 9.17) is 11.5 Å². The van der Waals surface area contributed by atoms with Gasteiger partial charge in [0.1, 0.15) is 0 Å². The van der Waals surface area contributed by atoms with Gasteiger partial charge in [0.15, 0.2) is 0 Å². The van der Waals surface area contributed by atoms with Crippen molar-refractivity contribution >= 4 is 40.9 Å². The molecule has 1 atom stereocenters. The summed E-state index contributed by atoms with van der Waals surface area (Å²) in [5.74, 6) is -0.820. The van der Waals surface area contributed by atoms with Crippen molar-refractivity contribution < 1.29 is 8.98 Å². The molecule has 0 fully saturated rings. The summed E-state index contributed by atoms with van der Waals surface area (Å²) in [6.07, 6.45) is 0. The SMILES string of the molecule is NC(N)=NC([Se])C(=O)OS. The number of hydrogen-bond donors (Lipinski definition) is 3. The standard InChI is InChI=1S/C3H6N3O2SSe/c4-3(5)6-1(10)2(7)8-9/h1,9H,(H4,4,5,6). The van der Waals surface area contributed by atoms with E-state index in [2.05, 4.69) is 38.1 Å². The molecule has 0 amide bonds. The van der Waals surface area contributed by atoms with E-state index in [0.29, 0.717) is 0 Å². The first-order valence-electron chi connectivity index (χ1n) is 2.17. The summed E-state index contributed by atoms with van der Waals surface area (Å²) < 4.78 is 4.02. The van der Waals surface area contributed by atoms with Gasteiger partial charge in [0, 0.05) is 0 Å². The molecular formula is C3H6N3O2SSe. The molecular weight excluding hydrogens is 221 g/mol. The van der Waals surface area contributed by atoms with Crippen LogP contribution in [0.4, 0.5) is 0 Å². The number of guanidine groups is 1. The number of nitrogens with zero attached hydrogens (tertiary/aromatic N) is 1. The molecule has 0 spiro atoms. The monoisotopic (exact) mass is 228 g/mol.